The summed E-state index contributed by atoms with van der Waals surface area (Å²) in [4.78, 5) is 61.8. The lowest BCUT2D eigenvalue weighted by Gasteiger charge is -2.35. The van der Waals surface area contributed by atoms with Crippen molar-refractivity contribution in [2.24, 2.45) is 0 Å². The van der Waals surface area contributed by atoms with Gasteiger partial charge in [-0.3, -0.25) is 34.2 Å². The first kappa shape index (κ1) is 20.7. The number of nitrogens with one attached hydrogen (secondary N) is 2. The number of imide groups is 2. The van der Waals surface area contributed by atoms with Gasteiger partial charge in [0.2, 0.25) is 18.2 Å². The van der Waals surface area contributed by atoms with E-state index in [0.29, 0.717) is 48.1 Å². The summed E-state index contributed by atoms with van der Waals surface area (Å²) in [5.74, 6) is -2.18. The van der Waals surface area contributed by atoms with E-state index in [2.05, 4.69) is 10.6 Å². The molecule has 9 nitrogen and oxygen atoms in total. The van der Waals surface area contributed by atoms with Crippen molar-refractivity contribution >= 4 is 40.8 Å². The van der Waals surface area contributed by atoms with Crippen LogP contribution in [-0.2, 0) is 25.7 Å². The summed E-state index contributed by atoms with van der Waals surface area (Å²) in [7, 11) is 0. The minimum absolute atomic E-state index is 0.0596. The van der Waals surface area contributed by atoms with Gasteiger partial charge in [-0.25, -0.2) is 0 Å². The number of nitrogens with zero attached hydrogens (tertiary/aromatic N) is 1. The highest BCUT2D eigenvalue weighted by Crippen LogP contribution is 2.34. The number of ether oxygens (including phenoxy) is 1. The first-order chi connectivity index (χ1) is 15.0. The average Bonchev–Trinajstić information content (AvgIpc) is 2.76. The predicted molar refractivity (Wildman–Crippen MR) is 109 cm³/mol. The molecular formula is C22H21N3O6. The number of rotatable bonds is 8. The highest BCUT2D eigenvalue weighted by molar-refractivity contribution is 6.27. The van der Waals surface area contributed by atoms with Crippen LogP contribution in [0.4, 0.5) is 0 Å². The summed E-state index contributed by atoms with van der Waals surface area (Å²) in [5.41, 5.74) is 1.29. The third kappa shape index (κ3) is 3.79. The molecule has 0 aromatic heterocycles. The molecule has 0 bridgehead atoms. The minimum Gasteiger partial charge on any atom is -0.377 e. The van der Waals surface area contributed by atoms with Gasteiger partial charge in [-0.05, 0) is 29.9 Å². The van der Waals surface area contributed by atoms with Crippen molar-refractivity contribution in [3.05, 3.63) is 47.0 Å². The highest BCUT2D eigenvalue weighted by Gasteiger charge is 2.43. The molecule has 2 aromatic carbocycles. The van der Waals surface area contributed by atoms with Crippen molar-refractivity contribution < 1.29 is 28.7 Å². The number of carbonyl (C=O) groups is 5. The lowest BCUT2D eigenvalue weighted by molar-refractivity contribution is -0.136. The Hall–Kier alpha value is -3.59. The number of hydrogen-bond acceptors (Lipinski definition) is 6. The Morgan fingerprint density at radius 2 is 1.97 bits per heavy atom. The normalized spacial score (nSPS) is 18.3. The molecule has 1 atom stereocenters. The van der Waals surface area contributed by atoms with E-state index >= 15 is 0 Å². The molecule has 31 heavy (non-hydrogen) atoms. The van der Waals surface area contributed by atoms with Gasteiger partial charge >= 0.3 is 0 Å². The Balaban J connectivity index is 1.68. The third-order valence-corrected chi connectivity index (χ3v) is 5.49. The molecule has 2 aliphatic heterocycles. The van der Waals surface area contributed by atoms with Crippen molar-refractivity contribution in [3.63, 3.8) is 0 Å². The van der Waals surface area contributed by atoms with Crippen molar-refractivity contribution in [2.75, 3.05) is 13.2 Å². The summed E-state index contributed by atoms with van der Waals surface area (Å²) >= 11 is 0. The van der Waals surface area contributed by atoms with Crippen LogP contribution >= 0.6 is 0 Å². The smallest absolute Gasteiger partial charge is 0.262 e. The highest BCUT2D eigenvalue weighted by atomic mass is 16.5. The molecule has 1 saturated heterocycles. The molecule has 9 heteroatoms. The van der Waals surface area contributed by atoms with Crippen molar-refractivity contribution in [1.82, 2.24) is 15.5 Å². The standard InChI is InChI=1S/C22H21N3O6/c26-12-23-9-2-10-31-11-14-6-5-13-3-1-4-15-18(13)19(14)22(30)25(21(15)29)16-7-8-17(27)24-20(16)28/h1,3-6,12,16H,2,7-11H2,(H,23,26)(H,24,27,28). The van der Waals surface area contributed by atoms with Gasteiger partial charge in [0.25, 0.3) is 11.8 Å². The van der Waals surface area contributed by atoms with Crippen LogP contribution in [0.15, 0.2) is 30.3 Å². The summed E-state index contributed by atoms with van der Waals surface area (Å²) in [5, 5.41) is 6.05. The summed E-state index contributed by atoms with van der Waals surface area (Å²) in [6.07, 6.45) is 1.38. The minimum atomic E-state index is -1.04. The quantitative estimate of drug-likeness (QED) is 0.370. The zero-order chi connectivity index (χ0) is 22.0. The maximum Gasteiger partial charge on any atom is 0.262 e. The molecular weight excluding hydrogens is 402 g/mol. The van der Waals surface area contributed by atoms with Crippen molar-refractivity contribution in [1.29, 1.82) is 0 Å². The summed E-state index contributed by atoms with van der Waals surface area (Å²) in [6.45, 7) is 1.00. The first-order valence-corrected chi connectivity index (χ1v) is 10.0. The van der Waals surface area contributed by atoms with Gasteiger partial charge in [0, 0.05) is 30.5 Å². The van der Waals surface area contributed by atoms with E-state index in [0.717, 1.165) is 10.3 Å². The van der Waals surface area contributed by atoms with Crippen LogP contribution in [-0.4, -0.2) is 54.1 Å². The molecule has 0 saturated carbocycles. The molecule has 0 aliphatic carbocycles. The van der Waals surface area contributed by atoms with E-state index in [1.165, 1.54) is 0 Å². The van der Waals surface area contributed by atoms with Crippen LogP contribution in [0.5, 0.6) is 0 Å². The van der Waals surface area contributed by atoms with Crippen LogP contribution in [0.25, 0.3) is 10.8 Å². The average molecular weight is 423 g/mol. The molecule has 2 N–H and O–H groups in total. The second-order valence-corrected chi connectivity index (χ2v) is 7.43. The Labute approximate surface area is 177 Å². The number of amides is 5. The molecule has 2 aromatic rings. The monoisotopic (exact) mass is 423 g/mol. The largest absolute Gasteiger partial charge is 0.377 e. The van der Waals surface area contributed by atoms with E-state index in [4.69, 9.17) is 4.74 Å². The molecule has 1 fully saturated rings. The predicted octanol–water partition coefficient (Wildman–Crippen LogP) is 0.894. The van der Waals surface area contributed by atoms with Crippen LogP contribution in [0.1, 0.15) is 45.5 Å². The van der Waals surface area contributed by atoms with Gasteiger partial charge in [0.15, 0.2) is 0 Å². The fraction of sp³-hybridized carbons (Fsp3) is 0.318. The van der Waals surface area contributed by atoms with Crippen LogP contribution in [0.2, 0.25) is 0 Å². The first-order valence-electron chi connectivity index (χ1n) is 10.0. The third-order valence-electron chi connectivity index (χ3n) is 5.49. The summed E-state index contributed by atoms with van der Waals surface area (Å²) < 4.78 is 5.68. The van der Waals surface area contributed by atoms with Crippen LogP contribution in [0.3, 0.4) is 0 Å². The number of benzene rings is 2. The second kappa shape index (κ2) is 8.65. The van der Waals surface area contributed by atoms with E-state index in [9.17, 15) is 24.0 Å². The van der Waals surface area contributed by atoms with Crippen LogP contribution < -0.4 is 10.6 Å². The van der Waals surface area contributed by atoms with Gasteiger partial charge in [-0.2, -0.15) is 0 Å². The van der Waals surface area contributed by atoms with Crippen LogP contribution in [0, 0.1) is 0 Å². The maximum atomic E-state index is 13.5. The topological polar surface area (TPSA) is 122 Å². The number of hydrogen-bond donors (Lipinski definition) is 2. The van der Waals surface area contributed by atoms with Gasteiger partial charge in [-0.15, -0.1) is 0 Å². The lowest BCUT2D eigenvalue weighted by Crippen LogP contribution is -2.57. The van der Waals surface area contributed by atoms with Gasteiger partial charge in [0.05, 0.1) is 12.2 Å². The molecule has 0 spiro atoms. The Kier molecular flexibility index (Phi) is 5.77. The maximum absolute atomic E-state index is 13.5. The Morgan fingerprint density at radius 3 is 2.74 bits per heavy atom. The Bertz CT molecular complexity index is 1100. The lowest BCUT2D eigenvalue weighted by atomic mass is 9.89. The Morgan fingerprint density at radius 1 is 1.13 bits per heavy atom. The fourth-order valence-corrected chi connectivity index (χ4v) is 4.04. The fourth-order valence-electron chi connectivity index (χ4n) is 4.04. The van der Waals surface area contributed by atoms with E-state index in [1.54, 1.807) is 18.2 Å². The van der Waals surface area contributed by atoms with Gasteiger partial charge in [0.1, 0.15) is 6.04 Å². The molecule has 4 rings (SSSR count). The van der Waals surface area contributed by atoms with E-state index < -0.39 is 29.7 Å². The van der Waals surface area contributed by atoms with Gasteiger partial charge < -0.3 is 10.1 Å². The van der Waals surface area contributed by atoms with Crippen molar-refractivity contribution in [3.8, 4) is 0 Å². The second-order valence-electron chi connectivity index (χ2n) is 7.43. The van der Waals surface area contributed by atoms with E-state index in [1.807, 2.05) is 12.1 Å². The molecule has 2 heterocycles. The molecule has 1 unspecified atom stereocenters. The number of carbonyl (C=O) groups excluding carboxylic acids is 5. The molecule has 5 amide bonds. The van der Waals surface area contributed by atoms with E-state index in [-0.39, 0.29) is 19.4 Å². The van der Waals surface area contributed by atoms with Crippen molar-refractivity contribution in [2.45, 2.75) is 31.9 Å². The zero-order valence-electron chi connectivity index (χ0n) is 16.7. The summed E-state index contributed by atoms with van der Waals surface area (Å²) in [6, 6.07) is 7.76. The number of piperidine rings is 1. The zero-order valence-corrected chi connectivity index (χ0v) is 16.7. The SMILES string of the molecule is O=CNCCCOCc1ccc2cccc3c2c1C(=O)N(C1CCC(=O)NC1=O)C3=O. The molecule has 0 radical (unpaired) electrons. The molecule has 160 valence electrons. The van der Waals surface area contributed by atoms with Gasteiger partial charge in [-0.1, -0.05) is 24.3 Å². The molecule has 2 aliphatic rings.